The number of benzene rings is 1. The van der Waals surface area contributed by atoms with Crippen molar-refractivity contribution in [3.63, 3.8) is 0 Å². The molecule has 2 aromatic rings. The molecule has 2 rings (SSSR count). The lowest BCUT2D eigenvalue weighted by molar-refractivity contribution is 0.676. The van der Waals surface area contributed by atoms with Gasteiger partial charge in [-0.1, -0.05) is 39.7 Å². The molecule has 94 valence electrons. The summed E-state index contributed by atoms with van der Waals surface area (Å²) in [5, 5.41) is 4.13. The van der Waals surface area contributed by atoms with Gasteiger partial charge in [-0.3, -0.25) is 4.98 Å². The Hall–Kier alpha value is -0.900. The van der Waals surface area contributed by atoms with Gasteiger partial charge < -0.3 is 5.32 Å². The van der Waals surface area contributed by atoms with Crippen LogP contribution in [0.5, 0.6) is 0 Å². The van der Waals surface area contributed by atoms with E-state index in [1.165, 1.54) is 5.56 Å². The second-order valence-corrected chi connectivity index (χ2v) is 5.43. The summed E-state index contributed by atoms with van der Waals surface area (Å²) in [5.41, 5.74) is 3.37. The quantitative estimate of drug-likeness (QED) is 0.915. The predicted octanol–water partition coefficient (Wildman–Crippen LogP) is 4.10. The molecule has 0 spiro atoms. The highest BCUT2D eigenvalue weighted by atomic mass is 79.9. The third-order valence-electron chi connectivity index (χ3n) is 2.74. The van der Waals surface area contributed by atoms with E-state index in [0.717, 1.165) is 33.8 Å². The Morgan fingerprint density at radius 3 is 2.83 bits per heavy atom. The van der Waals surface area contributed by atoms with Crippen LogP contribution in [-0.2, 0) is 13.1 Å². The van der Waals surface area contributed by atoms with E-state index in [4.69, 9.17) is 11.6 Å². The van der Waals surface area contributed by atoms with Gasteiger partial charge in [-0.2, -0.15) is 0 Å². The first-order valence-electron chi connectivity index (χ1n) is 5.72. The molecule has 4 heteroatoms. The molecule has 1 N–H and O–H groups in total. The van der Waals surface area contributed by atoms with Gasteiger partial charge in [-0.05, 0) is 36.2 Å². The van der Waals surface area contributed by atoms with Crippen LogP contribution in [0, 0.1) is 6.92 Å². The topological polar surface area (TPSA) is 24.9 Å². The molecule has 0 unspecified atom stereocenters. The van der Waals surface area contributed by atoms with E-state index >= 15 is 0 Å². The van der Waals surface area contributed by atoms with Crippen LogP contribution >= 0.6 is 27.5 Å². The number of nitrogens with zero attached hydrogens (tertiary/aromatic N) is 1. The molecule has 0 aliphatic rings. The second-order valence-electron chi connectivity index (χ2n) is 4.11. The summed E-state index contributed by atoms with van der Waals surface area (Å²) >= 11 is 9.55. The summed E-state index contributed by atoms with van der Waals surface area (Å²) in [4.78, 5) is 4.34. The molecule has 0 radical (unpaired) electrons. The lowest BCUT2D eigenvalue weighted by atomic mass is 10.2. The van der Waals surface area contributed by atoms with Gasteiger partial charge in [0.05, 0.1) is 5.69 Å². The molecule has 0 bridgehead atoms. The number of halogens is 2. The third-order valence-corrected chi connectivity index (χ3v) is 3.59. The van der Waals surface area contributed by atoms with Crippen LogP contribution in [-0.4, -0.2) is 4.98 Å². The van der Waals surface area contributed by atoms with Crippen LogP contribution in [0.25, 0.3) is 0 Å². The zero-order valence-corrected chi connectivity index (χ0v) is 12.4. The SMILES string of the molecule is Cc1cccnc1CNCc1ccc(Br)cc1Cl. The first-order chi connectivity index (χ1) is 8.66. The Balaban J connectivity index is 1.95. The van der Waals surface area contributed by atoms with E-state index in [-0.39, 0.29) is 0 Å². The molecule has 1 heterocycles. The number of rotatable bonds is 4. The zero-order chi connectivity index (χ0) is 13.0. The van der Waals surface area contributed by atoms with Crippen LogP contribution in [0.15, 0.2) is 41.0 Å². The van der Waals surface area contributed by atoms with Crippen LogP contribution in [0.2, 0.25) is 5.02 Å². The van der Waals surface area contributed by atoms with E-state index < -0.39 is 0 Å². The van der Waals surface area contributed by atoms with Crippen LogP contribution in [0.1, 0.15) is 16.8 Å². The van der Waals surface area contributed by atoms with Crippen LogP contribution in [0.3, 0.4) is 0 Å². The van der Waals surface area contributed by atoms with Crippen molar-refractivity contribution in [1.82, 2.24) is 10.3 Å². The summed E-state index contributed by atoms with van der Waals surface area (Å²) in [6, 6.07) is 9.94. The van der Waals surface area contributed by atoms with Crippen molar-refractivity contribution >= 4 is 27.5 Å². The van der Waals surface area contributed by atoms with Gasteiger partial charge in [-0.15, -0.1) is 0 Å². The number of aromatic nitrogens is 1. The first-order valence-corrected chi connectivity index (χ1v) is 6.89. The first kappa shape index (κ1) is 13.5. The molecule has 0 aliphatic heterocycles. The van der Waals surface area contributed by atoms with Crippen LogP contribution in [0.4, 0.5) is 0 Å². The Bertz CT molecular complexity index is 543. The van der Waals surface area contributed by atoms with Gasteiger partial charge in [0.1, 0.15) is 0 Å². The van der Waals surface area contributed by atoms with E-state index in [1.807, 2.05) is 30.5 Å². The molecule has 0 saturated heterocycles. The summed E-state index contributed by atoms with van der Waals surface area (Å²) in [6.07, 6.45) is 1.82. The molecule has 0 amide bonds. The maximum Gasteiger partial charge on any atom is 0.0570 e. The summed E-state index contributed by atoms with van der Waals surface area (Å²) in [7, 11) is 0. The number of aryl methyl sites for hydroxylation is 1. The Labute approximate surface area is 121 Å². The number of hydrogen-bond acceptors (Lipinski definition) is 2. The van der Waals surface area contributed by atoms with Crippen molar-refractivity contribution < 1.29 is 0 Å². The van der Waals surface area contributed by atoms with Gasteiger partial charge in [0, 0.05) is 28.8 Å². The summed E-state index contributed by atoms with van der Waals surface area (Å²) in [6.45, 7) is 3.55. The zero-order valence-electron chi connectivity index (χ0n) is 10.1. The average Bonchev–Trinajstić information content (AvgIpc) is 2.34. The second kappa shape index (κ2) is 6.32. The molecule has 0 fully saturated rings. The van der Waals surface area contributed by atoms with E-state index in [9.17, 15) is 0 Å². The highest BCUT2D eigenvalue weighted by molar-refractivity contribution is 9.10. The fourth-order valence-corrected chi connectivity index (χ4v) is 2.42. The Morgan fingerprint density at radius 1 is 1.28 bits per heavy atom. The molecule has 0 aliphatic carbocycles. The Morgan fingerprint density at radius 2 is 2.11 bits per heavy atom. The van der Waals surface area contributed by atoms with Crippen molar-refractivity contribution in [3.8, 4) is 0 Å². The molecule has 1 aromatic carbocycles. The third kappa shape index (κ3) is 3.55. The van der Waals surface area contributed by atoms with Gasteiger partial charge in [-0.25, -0.2) is 0 Å². The molecular formula is C14H14BrClN2. The monoisotopic (exact) mass is 324 g/mol. The smallest absolute Gasteiger partial charge is 0.0570 e. The average molecular weight is 326 g/mol. The number of hydrogen-bond donors (Lipinski definition) is 1. The molecule has 0 saturated carbocycles. The number of nitrogens with one attached hydrogen (secondary N) is 1. The van der Waals surface area contributed by atoms with Crippen molar-refractivity contribution in [2.24, 2.45) is 0 Å². The maximum atomic E-state index is 6.16. The minimum atomic E-state index is 0.738. The van der Waals surface area contributed by atoms with Crippen molar-refractivity contribution in [3.05, 3.63) is 62.8 Å². The highest BCUT2D eigenvalue weighted by Gasteiger charge is 2.02. The maximum absolute atomic E-state index is 6.16. The predicted molar refractivity (Wildman–Crippen MR) is 78.7 cm³/mol. The van der Waals surface area contributed by atoms with Crippen LogP contribution < -0.4 is 5.32 Å². The standard InChI is InChI=1S/C14H14BrClN2/c1-10-3-2-6-18-14(10)9-17-8-11-4-5-12(15)7-13(11)16/h2-7,17H,8-9H2,1H3. The van der Waals surface area contributed by atoms with Crippen molar-refractivity contribution in [2.75, 3.05) is 0 Å². The molecule has 0 atom stereocenters. The largest absolute Gasteiger partial charge is 0.307 e. The lowest BCUT2D eigenvalue weighted by Gasteiger charge is -2.08. The Kier molecular flexibility index (Phi) is 4.75. The van der Waals surface area contributed by atoms with Gasteiger partial charge in [0.2, 0.25) is 0 Å². The van der Waals surface area contributed by atoms with Gasteiger partial charge >= 0.3 is 0 Å². The normalized spacial score (nSPS) is 10.6. The van der Waals surface area contributed by atoms with Gasteiger partial charge in [0.15, 0.2) is 0 Å². The molecule has 1 aromatic heterocycles. The van der Waals surface area contributed by atoms with E-state index in [2.05, 4.69) is 39.2 Å². The van der Waals surface area contributed by atoms with Crippen molar-refractivity contribution in [1.29, 1.82) is 0 Å². The van der Waals surface area contributed by atoms with E-state index in [0.29, 0.717) is 0 Å². The molecular weight excluding hydrogens is 312 g/mol. The molecule has 2 nitrogen and oxygen atoms in total. The minimum absolute atomic E-state index is 0.738. The summed E-state index contributed by atoms with van der Waals surface area (Å²) in [5.74, 6) is 0. The highest BCUT2D eigenvalue weighted by Crippen LogP contribution is 2.21. The fraction of sp³-hybridized carbons (Fsp3) is 0.214. The van der Waals surface area contributed by atoms with E-state index in [1.54, 1.807) is 0 Å². The summed E-state index contributed by atoms with van der Waals surface area (Å²) < 4.78 is 0.997. The number of pyridine rings is 1. The van der Waals surface area contributed by atoms with Crippen molar-refractivity contribution in [2.45, 2.75) is 20.0 Å². The van der Waals surface area contributed by atoms with Gasteiger partial charge in [0.25, 0.3) is 0 Å². The minimum Gasteiger partial charge on any atom is -0.307 e. The fourth-order valence-electron chi connectivity index (χ4n) is 1.68. The lowest BCUT2D eigenvalue weighted by Crippen LogP contribution is -2.14. The molecule has 18 heavy (non-hydrogen) atoms.